The first-order valence-electron chi connectivity index (χ1n) is 4.03. The van der Waals surface area contributed by atoms with Crippen LogP contribution < -0.4 is 4.74 Å². The first-order valence-corrected chi connectivity index (χ1v) is 4.94. The molecule has 0 N–H and O–H groups in total. The SMILES string of the molecule is COc1cc(C)c(C(=O)CCl)cc1Cl. The van der Waals surface area contributed by atoms with Gasteiger partial charge >= 0.3 is 0 Å². The van der Waals surface area contributed by atoms with E-state index < -0.39 is 0 Å². The fourth-order valence-electron chi connectivity index (χ4n) is 1.18. The van der Waals surface area contributed by atoms with E-state index in [9.17, 15) is 4.79 Å². The topological polar surface area (TPSA) is 26.3 Å². The highest BCUT2D eigenvalue weighted by atomic mass is 35.5. The third-order valence-corrected chi connectivity index (χ3v) is 2.46. The first kappa shape index (κ1) is 11.3. The predicted octanol–water partition coefficient (Wildman–Crippen LogP) is 3.08. The van der Waals surface area contributed by atoms with Crippen molar-refractivity contribution in [3.05, 3.63) is 28.3 Å². The second-order valence-corrected chi connectivity index (χ2v) is 3.53. The summed E-state index contributed by atoms with van der Waals surface area (Å²) >= 11 is 11.3. The number of benzene rings is 1. The summed E-state index contributed by atoms with van der Waals surface area (Å²) in [5.41, 5.74) is 1.36. The largest absolute Gasteiger partial charge is 0.495 e. The molecule has 0 aliphatic carbocycles. The van der Waals surface area contributed by atoms with Crippen LogP contribution in [0, 0.1) is 6.92 Å². The number of carbonyl (C=O) groups excluding carboxylic acids is 1. The van der Waals surface area contributed by atoms with E-state index in [2.05, 4.69) is 0 Å². The smallest absolute Gasteiger partial charge is 0.177 e. The fourth-order valence-corrected chi connectivity index (χ4v) is 1.57. The summed E-state index contributed by atoms with van der Waals surface area (Å²) in [7, 11) is 1.53. The van der Waals surface area contributed by atoms with Gasteiger partial charge in [0, 0.05) is 5.56 Å². The summed E-state index contributed by atoms with van der Waals surface area (Å²) in [5, 5.41) is 0.423. The van der Waals surface area contributed by atoms with Gasteiger partial charge in [-0.15, -0.1) is 11.6 Å². The van der Waals surface area contributed by atoms with Crippen molar-refractivity contribution in [2.75, 3.05) is 13.0 Å². The molecular formula is C10H10Cl2O2. The summed E-state index contributed by atoms with van der Waals surface area (Å²) in [6.45, 7) is 1.82. The number of hydrogen-bond acceptors (Lipinski definition) is 2. The van der Waals surface area contributed by atoms with Crippen LogP contribution in [0.25, 0.3) is 0 Å². The Kier molecular flexibility index (Phi) is 3.78. The van der Waals surface area contributed by atoms with Gasteiger partial charge in [0.15, 0.2) is 5.78 Å². The summed E-state index contributed by atoms with van der Waals surface area (Å²) in [6, 6.07) is 3.31. The molecule has 2 nitrogen and oxygen atoms in total. The van der Waals surface area contributed by atoms with E-state index in [1.54, 1.807) is 12.1 Å². The molecule has 0 aromatic heterocycles. The van der Waals surface area contributed by atoms with Gasteiger partial charge in [0.05, 0.1) is 18.0 Å². The Morgan fingerprint density at radius 3 is 2.64 bits per heavy atom. The van der Waals surface area contributed by atoms with Gasteiger partial charge in [0.1, 0.15) is 5.75 Å². The summed E-state index contributed by atoms with van der Waals surface area (Å²) in [4.78, 5) is 11.4. The second kappa shape index (κ2) is 4.67. The third kappa shape index (κ3) is 2.20. The van der Waals surface area contributed by atoms with Crippen molar-refractivity contribution >= 4 is 29.0 Å². The van der Waals surface area contributed by atoms with Gasteiger partial charge < -0.3 is 4.74 Å². The molecule has 0 unspecified atom stereocenters. The molecule has 0 amide bonds. The lowest BCUT2D eigenvalue weighted by Crippen LogP contribution is -2.03. The zero-order valence-corrected chi connectivity index (χ0v) is 9.45. The van der Waals surface area contributed by atoms with Gasteiger partial charge in [0.2, 0.25) is 0 Å². The number of hydrogen-bond donors (Lipinski definition) is 0. The maximum atomic E-state index is 11.4. The predicted molar refractivity (Wildman–Crippen MR) is 57.8 cm³/mol. The Bertz CT molecular complexity index is 361. The van der Waals surface area contributed by atoms with Crippen LogP contribution in [-0.4, -0.2) is 18.8 Å². The molecule has 0 radical (unpaired) electrons. The summed E-state index contributed by atoms with van der Waals surface area (Å²) in [5.74, 6) is 0.396. The Balaban J connectivity index is 3.21. The summed E-state index contributed by atoms with van der Waals surface area (Å²) < 4.78 is 5.02. The standard InChI is InChI=1S/C10H10Cl2O2/c1-6-3-10(14-2)8(12)4-7(6)9(13)5-11/h3-4H,5H2,1-2H3. The van der Waals surface area contributed by atoms with Crippen molar-refractivity contribution in [2.24, 2.45) is 0 Å². The number of methoxy groups -OCH3 is 1. The number of ether oxygens (including phenoxy) is 1. The van der Waals surface area contributed by atoms with Gasteiger partial charge in [-0.25, -0.2) is 0 Å². The highest BCUT2D eigenvalue weighted by Gasteiger charge is 2.11. The number of ketones is 1. The Morgan fingerprint density at radius 1 is 1.50 bits per heavy atom. The molecule has 0 saturated carbocycles. The number of Topliss-reactive ketones (excluding diaryl/α,β-unsaturated/α-hetero) is 1. The Hall–Kier alpha value is -0.730. The molecular weight excluding hydrogens is 223 g/mol. The number of aryl methyl sites for hydroxylation is 1. The monoisotopic (exact) mass is 232 g/mol. The lowest BCUT2D eigenvalue weighted by molar-refractivity contribution is 0.102. The van der Waals surface area contributed by atoms with Crippen molar-refractivity contribution in [2.45, 2.75) is 6.92 Å². The molecule has 76 valence electrons. The minimum absolute atomic E-state index is 0.0382. The van der Waals surface area contributed by atoms with Crippen LogP contribution in [-0.2, 0) is 0 Å². The van der Waals surface area contributed by atoms with E-state index in [-0.39, 0.29) is 11.7 Å². The Morgan fingerprint density at radius 2 is 2.14 bits per heavy atom. The summed E-state index contributed by atoms with van der Waals surface area (Å²) in [6.07, 6.45) is 0. The molecule has 0 bridgehead atoms. The number of halogens is 2. The minimum Gasteiger partial charge on any atom is -0.495 e. The molecule has 1 rings (SSSR count). The molecule has 0 aliphatic rings. The fraction of sp³-hybridized carbons (Fsp3) is 0.300. The van der Waals surface area contributed by atoms with E-state index in [1.807, 2.05) is 6.92 Å². The Labute approximate surface area is 92.8 Å². The van der Waals surface area contributed by atoms with Gasteiger partial charge in [-0.05, 0) is 24.6 Å². The van der Waals surface area contributed by atoms with Crippen molar-refractivity contribution in [1.82, 2.24) is 0 Å². The van der Waals surface area contributed by atoms with Crippen LogP contribution in [0.5, 0.6) is 5.75 Å². The molecule has 14 heavy (non-hydrogen) atoms. The molecule has 0 fully saturated rings. The zero-order valence-electron chi connectivity index (χ0n) is 7.93. The minimum atomic E-state index is -0.131. The average Bonchev–Trinajstić information content (AvgIpc) is 2.19. The molecule has 0 spiro atoms. The molecule has 0 atom stereocenters. The van der Waals surface area contributed by atoms with Crippen LogP contribution in [0.15, 0.2) is 12.1 Å². The van der Waals surface area contributed by atoms with E-state index in [0.717, 1.165) is 5.56 Å². The average molecular weight is 233 g/mol. The van der Waals surface area contributed by atoms with Crippen molar-refractivity contribution in [3.8, 4) is 5.75 Å². The zero-order chi connectivity index (χ0) is 10.7. The molecule has 4 heteroatoms. The molecule has 0 aliphatic heterocycles. The van der Waals surface area contributed by atoms with Crippen molar-refractivity contribution < 1.29 is 9.53 Å². The quantitative estimate of drug-likeness (QED) is 0.592. The van der Waals surface area contributed by atoms with Crippen molar-refractivity contribution in [3.63, 3.8) is 0 Å². The van der Waals surface area contributed by atoms with Crippen LogP contribution in [0.3, 0.4) is 0 Å². The molecule has 1 aromatic carbocycles. The van der Waals surface area contributed by atoms with Gasteiger partial charge in [0.25, 0.3) is 0 Å². The van der Waals surface area contributed by atoms with E-state index in [1.165, 1.54) is 7.11 Å². The third-order valence-electron chi connectivity index (χ3n) is 1.92. The van der Waals surface area contributed by atoms with Crippen LogP contribution in [0.1, 0.15) is 15.9 Å². The van der Waals surface area contributed by atoms with Crippen molar-refractivity contribution in [1.29, 1.82) is 0 Å². The highest BCUT2D eigenvalue weighted by Crippen LogP contribution is 2.28. The number of rotatable bonds is 3. The number of carbonyl (C=O) groups is 1. The van der Waals surface area contributed by atoms with Gasteiger partial charge in [-0.3, -0.25) is 4.79 Å². The molecule has 0 heterocycles. The molecule has 1 aromatic rings. The van der Waals surface area contributed by atoms with Crippen LogP contribution in [0.2, 0.25) is 5.02 Å². The van der Waals surface area contributed by atoms with E-state index in [0.29, 0.717) is 16.3 Å². The number of alkyl halides is 1. The van der Waals surface area contributed by atoms with E-state index in [4.69, 9.17) is 27.9 Å². The molecule has 0 saturated heterocycles. The van der Waals surface area contributed by atoms with Crippen LogP contribution >= 0.6 is 23.2 Å². The lowest BCUT2D eigenvalue weighted by Gasteiger charge is -2.08. The van der Waals surface area contributed by atoms with Gasteiger partial charge in [-0.2, -0.15) is 0 Å². The first-order chi connectivity index (χ1) is 6.60. The van der Waals surface area contributed by atoms with Gasteiger partial charge in [-0.1, -0.05) is 11.6 Å². The highest BCUT2D eigenvalue weighted by molar-refractivity contribution is 6.34. The second-order valence-electron chi connectivity index (χ2n) is 2.86. The van der Waals surface area contributed by atoms with Crippen LogP contribution in [0.4, 0.5) is 0 Å². The van der Waals surface area contributed by atoms with E-state index >= 15 is 0 Å². The lowest BCUT2D eigenvalue weighted by atomic mass is 10.1. The maximum absolute atomic E-state index is 11.4. The normalized spacial score (nSPS) is 10.0. The maximum Gasteiger partial charge on any atom is 0.177 e.